The van der Waals surface area contributed by atoms with Gasteiger partial charge in [0.25, 0.3) is 0 Å². The molecule has 0 aromatic carbocycles. The van der Waals surface area contributed by atoms with Crippen molar-refractivity contribution in [1.29, 1.82) is 0 Å². The molecule has 0 fully saturated rings. The maximum absolute atomic E-state index is 5.42. The fourth-order valence-corrected chi connectivity index (χ4v) is 1.99. The third-order valence-electron chi connectivity index (χ3n) is 2.14. The lowest BCUT2D eigenvalue weighted by atomic mass is 10.4. The number of anilines is 2. The van der Waals surface area contributed by atoms with Crippen molar-refractivity contribution in [2.24, 2.45) is 5.73 Å². The molecule has 2 aromatic rings. The van der Waals surface area contributed by atoms with Gasteiger partial charge in [-0.1, -0.05) is 6.07 Å². The van der Waals surface area contributed by atoms with Crippen LogP contribution in [0, 0.1) is 0 Å². The molecular weight excluding hydrogens is 234 g/mol. The first-order chi connectivity index (χ1) is 8.38. The highest BCUT2D eigenvalue weighted by molar-refractivity contribution is 7.09. The number of hydrogen-bond acceptors (Lipinski definition) is 6. The second-order valence-electron chi connectivity index (χ2n) is 3.44. The molecule has 0 atom stereocenters. The number of hydrogen-bond donors (Lipinski definition) is 3. The lowest BCUT2D eigenvalue weighted by Crippen LogP contribution is -2.14. The first-order valence-electron chi connectivity index (χ1n) is 5.41. The summed E-state index contributed by atoms with van der Waals surface area (Å²) < 4.78 is 0. The summed E-state index contributed by atoms with van der Waals surface area (Å²) in [4.78, 5) is 9.54. The van der Waals surface area contributed by atoms with Crippen LogP contribution in [0.1, 0.15) is 4.88 Å². The topological polar surface area (TPSA) is 75.9 Å². The van der Waals surface area contributed by atoms with Crippen LogP contribution in [0.25, 0.3) is 0 Å². The van der Waals surface area contributed by atoms with Crippen LogP contribution in [-0.2, 0) is 6.54 Å². The highest BCUT2D eigenvalue weighted by Gasteiger charge is 1.98. The molecule has 0 aliphatic rings. The van der Waals surface area contributed by atoms with Crippen LogP contribution < -0.4 is 16.4 Å². The van der Waals surface area contributed by atoms with E-state index in [1.54, 1.807) is 11.3 Å². The van der Waals surface area contributed by atoms with Gasteiger partial charge in [-0.05, 0) is 11.4 Å². The van der Waals surface area contributed by atoms with Crippen LogP contribution in [0.15, 0.2) is 29.9 Å². The van der Waals surface area contributed by atoms with E-state index in [2.05, 4.69) is 32.0 Å². The van der Waals surface area contributed by atoms with Gasteiger partial charge in [0.15, 0.2) is 0 Å². The average Bonchev–Trinajstić information content (AvgIpc) is 2.87. The normalized spacial score (nSPS) is 10.2. The van der Waals surface area contributed by atoms with Gasteiger partial charge in [0, 0.05) is 24.0 Å². The SMILES string of the molecule is NCCNc1cc(NCc2cccs2)ncn1. The van der Waals surface area contributed by atoms with Gasteiger partial charge in [-0.3, -0.25) is 0 Å². The Hall–Kier alpha value is -1.66. The van der Waals surface area contributed by atoms with Crippen LogP contribution >= 0.6 is 11.3 Å². The van der Waals surface area contributed by atoms with Crippen molar-refractivity contribution < 1.29 is 0 Å². The van der Waals surface area contributed by atoms with Gasteiger partial charge >= 0.3 is 0 Å². The van der Waals surface area contributed by atoms with E-state index >= 15 is 0 Å². The lowest BCUT2D eigenvalue weighted by Gasteiger charge is -2.06. The van der Waals surface area contributed by atoms with Crippen molar-refractivity contribution in [1.82, 2.24) is 9.97 Å². The monoisotopic (exact) mass is 249 g/mol. The Morgan fingerprint density at radius 2 is 2.06 bits per heavy atom. The molecule has 0 amide bonds. The smallest absolute Gasteiger partial charge is 0.131 e. The molecule has 0 spiro atoms. The summed E-state index contributed by atoms with van der Waals surface area (Å²) in [7, 11) is 0. The molecule has 0 saturated heterocycles. The molecule has 6 heteroatoms. The van der Waals surface area contributed by atoms with Crippen molar-refractivity contribution in [2.75, 3.05) is 23.7 Å². The van der Waals surface area contributed by atoms with Crippen molar-refractivity contribution in [3.05, 3.63) is 34.8 Å². The van der Waals surface area contributed by atoms with E-state index in [4.69, 9.17) is 5.73 Å². The van der Waals surface area contributed by atoms with Crippen LogP contribution in [0.4, 0.5) is 11.6 Å². The Kier molecular flexibility index (Phi) is 4.29. The number of rotatable bonds is 6. The van der Waals surface area contributed by atoms with Crippen molar-refractivity contribution in [3.8, 4) is 0 Å². The van der Waals surface area contributed by atoms with Crippen molar-refractivity contribution in [3.63, 3.8) is 0 Å². The summed E-state index contributed by atoms with van der Waals surface area (Å²) in [5.74, 6) is 1.60. The molecule has 0 aliphatic carbocycles. The standard InChI is InChI=1S/C11H15N5S/c12-3-4-13-10-6-11(16-8-15-10)14-7-9-2-1-5-17-9/h1-2,5-6,8H,3-4,7,12H2,(H2,13,14,15,16). The second-order valence-corrected chi connectivity index (χ2v) is 4.47. The second kappa shape index (κ2) is 6.17. The van der Waals surface area contributed by atoms with Gasteiger partial charge < -0.3 is 16.4 Å². The molecule has 90 valence electrons. The molecule has 2 aromatic heterocycles. The minimum Gasteiger partial charge on any atom is -0.369 e. The molecule has 17 heavy (non-hydrogen) atoms. The summed E-state index contributed by atoms with van der Waals surface area (Å²) in [6.07, 6.45) is 1.54. The first kappa shape index (κ1) is 11.8. The molecule has 0 aliphatic heterocycles. The van der Waals surface area contributed by atoms with Gasteiger partial charge in [-0.15, -0.1) is 11.3 Å². The zero-order valence-corrected chi connectivity index (χ0v) is 10.2. The number of nitrogens with zero attached hydrogens (tertiary/aromatic N) is 2. The summed E-state index contributed by atoms with van der Waals surface area (Å²) in [5, 5.41) is 8.43. The number of thiophene rings is 1. The van der Waals surface area contributed by atoms with Crippen molar-refractivity contribution in [2.45, 2.75) is 6.54 Å². The fraction of sp³-hybridized carbons (Fsp3) is 0.273. The Balaban J connectivity index is 1.91. The molecule has 0 bridgehead atoms. The molecule has 5 nitrogen and oxygen atoms in total. The Bertz CT molecular complexity index is 443. The molecule has 0 radical (unpaired) electrons. The molecule has 2 heterocycles. The van der Waals surface area contributed by atoms with E-state index in [1.807, 2.05) is 12.1 Å². The largest absolute Gasteiger partial charge is 0.369 e. The van der Waals surface area contributed by atoms with Crippen molar-refractivity contribution >= 4 is 23.0 Å². The number of nitrogens with two attached hydrogens (primary N) is 1. The fourth-order valence-electron chi connectivity index (χ4n) is 1.34. The highest BCUT2D eigenvalue weighted by Crippen LogP contribution is 2.12. The predicted molar refractivity (Wildman–Crippen MR) is 71.2 cm³/mol. The Morgan fingerprint density at radius 1 is 1.24 bits per heavy atom. The van der Waals surface area contributed by atoms with Crippen LogP contribution in [0.2, 0.25) is 0 Å². The van der Waals surface area contributed by atoms with E-state index in [-0.39, 0.29) is 0 Å². The van der Waals surface area contributed by atoms with E-state index in [1.165, 1.54) is 11.2 Å². The minimum absolute atomic E-state index is 0.585. The van der Waals surface area contributed by atoms with Crippen LogP contribution in [0.3, 0.4) is 0 Å². The van der Waals surface area contributed by atoms with E-state index < -0.39 is 0 Å². The maximum Gasteiger partial charge on any atom is 0.131 e. The van der Waals surface area contributed by atoms with Gasteiger partial charge in [-0.25, -0.2) is 9.97 Å². The van der Waals surface area contributed by atoms with Gasteiger partial charge in [-0.2, -0.15) is 0 Å². The summed E-state index contributed by atoms with van der Waals surface area (Å²) in [6, 6.07) is 6.01. The molecule has 0 saturated carbocycles. The van der Waals surface area contributed by atoms with Gasteiger partial charge in [0.05, 0.1) is 6.54 Å². The zero-order chi connectivity index (χ0) is 11.9. The Labute approximate surface area is 104 Å². The van der Waals surface area contributed by atoms with Gasteiger partial charge in [0.2, 0.25) is 0 Å². The quantitative estimate of drug-likeness (QED) is 0.723. The van der Waals surface area contributed by atoms with E-state index in [9.17, 15) is 0 Å². The minimum atomic E-state index is 0.585. The summed E-state index contributed by atoms with van der Waals surface area (Å²) in [5.41, 5.74) is 5.42. The predicted octanol–water partition coefficient (Wildman–Crippen LogP) is 1.52. The van der Waals surface area contributed by atoms with E-state index in [0.717, 1.165) is 18.2 Å². The van der Waals surface area contributed by atoms with Gasteiger partial charge in [0.1, 0.15) is 18.0 Å². The average molecular weight is 249 g/mol. The number of aromatic nitrogens is 2. The third kappa shape index (κ3) is 3.69. The molecule has 0 unspecified atom stereocenters. The summed E-state index contributed by atoms with van der Waals surface area (Å²) in [6.45, 7) is 2.08. The summed E-state index contributed by atoms with van der Waals surface area (Å²) >= 11 is 1.72. The first-order valence-corrected chi connectivity index (χ1v) is 6.28. The lowest BCUT2D eigenvalue weighted by molar-refractivity contribution is 1.00. The van der Waals surface area contributed by atoms with E-state index in [0.29, 0.717) is 13.1 Å². The molecule has 4 N–H and O–H groups in total. The maximum atomic E-state index is 5.42. The third-order valence-corrected chi connectivity index (χ3v) is 3.02. The van der Waals surface area contributed by atoms with Crippen LogP contribution in [-0.4, -0.2) is 23.1 Å². The van der Waals surface area contributed by atoms with Crippen LogP contribution in [0.5, 0.6) is 0 Å². The highest BCUT2D eigenvalue weighted by atomic mass is 32.1. The molecule has 2 rings (SSSR count). The molecular formula is C11H15N5S. The Morgan fingerprint density at radius 3 is 2.76 bits per heavy atom. The number of nitrogens with one attached hydrogen (secondary N) is 2. The zero-order valence-electron chi connectivity index (χ0n) is 9.39.